The quantitative estimate of drug-likeness (QED) is 0.0557. The Kier molecular flexibility index (Phi) is 15.0. The maximum Gasteiger partial charge on any atom is 0.351 e. The topological polar surface area (TPSA) is 130 Å². The molecule has 0 spiro atoms. The van der Waals surface area contributed by atoms with Crippen LogP contribution in [-0.4, -0.2) is 93.3 Å². The largest absolute Gasteiger partial charge is 0.497 e. The Hall–Kier alpha value is -4.38. The lowest BCUT2D eigenvalue weighted by molar-refractivity contribution is -0.0957. The number of nitriles is 1. The van der Waals surface area contributed by atoms with Gasteiger partial charge in [-0.2, -0.15) is 10.2 Å². The summed E-state index contributed by atoms with van der Waals surface area (Å²) in [6, 6.07) is 29.6. The van der Waals surface area contributed by atoms with Gasteiger partial charge in [0, 0.05) is 39.5 Å². The van der Waals surface area contributed by atoms with E-state index in [0.717, 1.165) is 16.7 Å². The van der Waals surface area contributed by atoms with E-state index in [2.05, 4.69) is 43.4 Å². The lowest BCUT2D eigenvalue weighted by Gasteiger charge is -2.39. The SMILES string of the molecule is COc1ccc(C(OC[C@H]2O[C@@H](n3ccc(N(C)C)nc3=O)[C@H](OC)[C@@H]2OP(OCCC#N)N(C(C)C)C(C)C)(c2ccccc2)c2ccc(OC)cc2)cc1. The molecule has 0 amide bonds. The minimum atomic E-state index is -1.75. The van der Waals surface area contributed by atoms with Crippen LogP contribution in [0.1, 0.15) is 57.0 Å². The highest BCUT2D eigenvalue weighted by Gasteiger charge is 2.51. The zero-order valence-electron chi connectivity index (χ0n) is 33.7. The van der Waals surface area contributed by atoms with Gasteiger partial charge in [0.05, 0.1) is 39.9 Å². The van der Waals surface area contributed by atoms with Crippen LogP contribution in [0.3, 0.4) is 0 Å². The first kappa shape index (κ1) is 42.8. The number of nitrogens with zero attached hydrogens (tertiary/aromatic N) is 5. The first-order chi connectivity index (χ1) is 27.0. The molecule has 13 nitrogen and oxygen atoms in total. The number of hydrogen-bond acceptors (Lipinski definition) is 12. The Morgan fingerprint density at radius 2 is 1.43 bits per heavy atom. The zero-order valence-corrected chi connectivity index (χ0v) is 34.6. The number of hydrogen-bond donors (Lipinski definition) is 0. The highest BCUT2D eigenvalue weighted by atomic mass is 31.2. The van der Waals surface area contributed by atoms with Crippen molar-refractivity contribution in [2.75, 3.05) is 53.5 Å². The summed E-state index contributed by atoms with van der Waals surface area (Å²) < 4.78 is 48.3. The van der Waals surface area contributed by atoms with Crippen molar-refractivity contribution < 1.29 is 32.7 Å². The average Bonchev–Trinajstić information content (AvgIpc) is 3.54. The number of anilines is 1. The number of rotatable bonds is 19. The highest BCUT2D eigenvalue weighted by molar-refractivity contribution is 7.44. The fourth-order valence-corrected chi connectivity index (χ4v) is 8.74. The van der Waals surface area contributed by atoms with Crippen LogP contribution >= 0.6 is 8.53 Å². The molecule has 3 aromatic carbocycles. The van der Waals surface area contributed by atoms with Gasteiger partial charge in [0.15, 0.2) is 6.23 Å². The molecule has 300 valence electrons. The van der Waals surface area contributed by atoms with Gasteiger partial charge in [-0.05, 0) is 74.7 Å². The van der Waals surface area contributed by atoms with E-state index in [1.165, 1.54) is 4.57 Å². The Labute approximate surface area is 331 Å². The van der Waals surface area contributed by atoms with Crippen LogP contribution in [-0.2, 0) is 28.9 Å². The van der Waals surface area contributed by atoms with Gasteiger partial charge in [-0.25, -0.2) is 9.46 Å². The number of aromatic nitrogens is 2. The predicted molar refractivity (Wildman–Crippen MR) is 216 cm³/mol. The molecule has 1 saturated heterocycles. The second-order valence-corrected chi connectivity index (χ2v) is 15.5. The summed E-state index contributed by atoms with van der Waals surface area (Å²) in [5.74, 6) is 1.91. The molecule has 1 aliphatic rings. The molecule has 1 fully saturated rings. The van der Waals surface area contributed by atoms with Crippen molar-refractivity contribution in [3.05, 3.63) is 118 Å². The minimum absolute atomic E-state index is 0.00331. The summed E-state index contributed by atoms with van der Waals surface area (Å²) >= 11 is 0. The minimum Gasteiger partial charge on any atom is -0.497 e. The molecule has 5 rings (SSSR count). The summed E-state index contributed by atoms with van der Waals surface area (Å²) in [4.78, 5) is 19.7. The van der Waals surface area contributed by atoms with E-state index >= 15 is 0 Å². The molecule has 0 N–H and O–H groups in total. The van der Waals surface area contributed by atoms with Gasteiger partial charge in [-0.15, -0.1) is 0 Å². The molecule has 5 atom stereocenters. The highest BCUT2D eigenvalue weighted by Crippen LogP contribution is 2.51. The van der Waals surface area contributed by atoms with Crippen molar-refractivity contribution in [2.45, 2.75) is 76.3 Å². The van der Waals surface area contributed by atoms with E-state index < -0.39 is 44.4 Å². The van der Waals surface area contributed by atoms with E-state index in [-0.39, 0.29) is 31.7 Å². The van der Waals surface area contributed by atoms with Gasteiger partial charge < -0.3 is 37.6 Å². The summed E-state index contributed by atoms with van der Waals surface area (Å²) in [6.07, 6.45) is -1.43. The third-order valence-electron chi connectivity index (χ3n) is 9.62. The van der Waals surface area contributed by atoms with Crippen LogP contribution in [0.15, 0.2) is 95.9 Å². The molecule has 1 unspecified atom stereocenters. The number of methoxy groups -OCH3 is 3. The molecule has 0 radical (unpaired) electrons. The molecule has 56 heavy (non-hydrogen) atoms. The first-order valence-corrected chi connectivity index (χ1v) is 19.8. The van der Waals surface area contributed by atoms with Crippen molar-refractivity contribution >= 4 is 14.3 Å². The molecule has 2 heterocycles. The van der Waals surface area contributed by atoms with Gasteiger partial charge >= 0.3 is 5.69 Å². The number of ether oxygens (including phenoxy) is 5. The van der Waals surface area contributed by atoms with Crippen LogP contribution in [0.4, 0.5) is 5.82 Å². The van der Waals surface area contributed by atoms with Crippen molar-refractivity contribution in [3.63, 3.8) is 0 Å². The normalized spacial score (nSPS) is 19.0. The average molecular weight is 788 g/mol. The van der Waals surface area contributed by atoms with Gasteiger partial charge in [-0.1, -0.05) is 54.6 Å². The van der Waals surface area contributed by atoms with E-state index in [9.17, 15) is 10.1 Å². The van der Waals surface area contributed by atoms with Crippen LogP contribution in [0, 0.1) is 11.3 Å². The molecule has 1 aliphatic heterocycles. The Bertz CT molecular complexity index is 1870. The summed E-state index contributed by atoms with van der Waals surface area (Å²) in [7, 11) is 6.73. The van der Waals surface area contributed by atoms with E-state index in [1.807, 2.05) is 93.0 Å². The molecule has 14 heteroatoms. The third-order valence-corrected chi connectivity index (χ3v) is 11.7. The van der Waals surface area contributed by atoms with Crippen LogP contribution in [0.25, 0.3) is 0 Å². The molecular weight excluding hydrogens is 733 g/mol. The molecule has 0 saturated carbocycles. The Balaban J connectivity index is 1.65. The molecule has 4 aromatic rings. The maximum absolute atomic E-state index is 13.6. The third kappa shape index (κ3) is 9.41. The van der Waals surface area contributed by atoms with Crippen molar-refractivity contribution in [2.24, 2.45) is 0 Å². The van der Waals surface area contributed by atoms with E-state index in [1.54, 1.807) is 38.5 Å². The fourth-order valence-electron chi connectivity index (χ4n) is 6.97. The monoisotopic (exact) mass is 787 g/mol. The van der Waals surface area contributed by atoms with Crippen LogP contribution in [0.5, 0.6) is 11.5 Å². The van der Waals surface area contributed by atoms with Crippen molar-refractivity contribution in [3.8, 4) is 17.6 Å². The zero-order chi connectivity index (χ0) is 40.4. The van der Waals surface area contributed by atoms with Gasteiger partial charge in [0.25, 0.3) is 8.53 Å². The van der Waals surface area contributed by atoms with Gasteiger partial charge in [0.1, 0.15) is 41.2 Å². The Morgan fingerprint density at radius 3 is 1.91 bits per heavy atom. The van der Waals surface area contributed by atoms with Crippen LogP contribution < -0.4 is 20.1 Å². The lowest BCUT2D eigenvalue weighted by atomic mass is 9.80. The summed E-state index contributed by atoms with van der Waals surface area (Å²) in [6.45, 7) is 8.47. The van der Waals surface area contributed by atoms with Crippen molar-refractivity contribution in [1.29, 1.82) is 5.26 Å². The smallest absolute Gasteiger partial charge is 0.351 e. The van der Waals surface area contributed by atoms with Crippen molar-refractivity contribution in [1.82, 2.24) is 14.2 Å². The van der Waals surface area contributed by atoms with Gasteiger partial charge in [-0.3, -0.25) is 4.57 Å². The molecule has 0 aliphatic carbocycles. The van der Waals surface area contributed by atoms with Gasteiger partial charge in [0.2, 0.25) is 0 Å². The number of benzene rings is 3. The lowest BCUT2D eigenvalue weighted by Crippen LogP contribution is -2.43. The second kappa shape index (κ2) is 19.7. The second-order valence-electron chi connectivity index (χ2n) is 14.1. The predicted octanol–water partition coefficient (Wildman–Crippen LogP) is 6.91. The first-order valence-electron chi connectivity index (χ1n) is 18.7. The van der Waals surface area contributed by atoms with E-state index in [0.29, 0.717) is 17.3 Å². The van der Waals surface area contributed by atoms with Crippen LogP contribution in [0.2, 0.25) is 0 Å². The summed E-state index contributed by atoms with van der Waals surface area (Å²) in [5, 5.41) is 9.38. The molecule has 0 bridgehead atoms. The molecular formula is C42H54N5O8P. The molecule has 1 aromatic heterocycles. The maximum atomic E-state index is 13.6. The summed E-state index contributed by atoms with van der Waals surface area (Å²) in [5.41, 5.74) is 0.904. The standard InChI is InChI=1S/C42H54N5O8P/c1-29(2)47(30(3)4)56(53-27-13-25-43)55-38-36(54-40(39(38)51-9)46-26-24-37(45(5)6)44-41(46)48)28-52-42(31-14-11-10-12-15-31,32-16-20-34(49-7)21-17-32)33-18-22-35(50-8)23-19-33/h10-12,14-24,26,29-30,36,38-40H,13,27-28H2,1-9H3/t36-,38-,39-,40-,56?/m1/s1. The fraction of sp³-hybridized carbons (Fsp3) is 0.452. The Morgan fingerprint density at radius 1 is 0.857 bits per heavy atom. The van der Waals surface area contributed by atoms with E-state index in [4.69, 9.17) is 32.7 Å².